The lowest BCUT2D eigenvalue weighted by Gasteiger charge is -2.28. The zero-order chi connectivity index (χ0) is 21.7. The molecule has 2 rings (SSSR count). The van der Waals surface area contributed by atoms with Crippen LogP contribution in [-0.2, 0) is 29.5 Å². The maximum atomic E-state index is 12.8. The highest BCUT2D eigenvalue weighted by Crippen LogP contribution is 2.23. The number of carbonyl (C=O) groups is 1. The van der Waals surface area contributed by atoms with E-state index in [1.54, 1.807) is 0 Å². The first kappa shape index (κ1) is 23.0. The summed E-state index contributed by atoms with van der Waals surface area (Å²) in [4.78, 5) is 14.7. The fraction of sp³-hybridized carbons (Fsp3) is 0.500. The van der Waals surface area contributed by atoms with Gasteiger partial charge in [0.15, 0.2) is 0 Å². The van der Waals surface area contributed by atoms with Gasteiger partial charge >= 0.3 is 6.09 Å². The summed E-state index contributed by atoms with van der Waals surface area (Å²) in [5.74, 6) is 0. The van der Waals surface area contributed by atoms with Crippen molar-refractivity contribution in [3.05, 3.63) is 70.8 Å². The number of rotatable bonds is 6. The third kappa shape index (κ3) is 7.56. The van der Waals surface area contributed by atoms with Crippen molar-refractivity contribution in [2.75, 3.05) is 6.54 Å². The van der Waals surface area contributed by atoms with E-state index in [-0.39, 0.29) is 11.5 Å². The molecule has 3 nitrogen and oxygen atoms in total. The van der Waals surface area contributed by atoms with E-state index >= 15 is 0 Å². The van der Waals surface area contributed by atoms with Crippen LogP contribution in [-0.4, -0.2) is 23.1 Å². The first-order valence-electron chi connectivity index (χ1n) is 10.6. The molecule has 0 aliphatic carbocycles. The second-order valence-corrected chi connectivity index (χ2v) is 9.77. The van der Waals surface area contributed by atoms with E-state index < -0.39 is 5.60 Å². The molecule has 3 heteroatoms. The van der Waals surface area contributed by atoms with Crippen LogP contribution in [0.3, 0.4) is 0 Å². The van der Waals surface area contributed by atoms with E-state index in [4.69, 9.17) is 4.74 Å². The van der Waals surface area contributed by atoms with Crippen LogP contribution in [0, 0.1) is 0 Å². The molecule has 0 saturated heterocycles. The largest absolute Gasteiger partial charge is 0.444 e. The Morgan fingerprint density at radius 3 is 2.07 bits per heavy atom. The Morgan fingerprint density at radius 2 is 1.52 bits per heavy atom. The summed E-state index contributed by atoms with van der Waals surface area (Å²) >= 11 is 0. The quantitative estimate of drug-likeness (QED) is 0.557. The first-order valence-corrected chi connectivity index (χ1v) is 10.6. The number of nitrogens with zero attached hydrogens (tertiary/aromatic N) is 1. The summed E-state index contributed by atoms with van der Waals surface area (Å²) in [7, 11) is 0. The number of aryl methyl sites for hydroxylation is 1. The molecule has 0 bridgehead atoms. The lowest BCUT2D eigenvalue weighted by atomic mass is 9.87. The van der Waals surface area contributed by atoms with Gasteiger partial charge in [-0.2, -0.15) is 0 Å². The van der Waals surface area contributed by atoms with Crippen LogP contribution in [0.1, 0.15) is 70.7 Å². The molecule has 0 fully saturated rings. The minimum Gasteiger partial charge on any atom is -0.444 e. The Balaban J connectivity index is 2.14. The average molecular weight is 396 g/mol. The molecule has 2 aromatic carbocycles. The van der Waals surface area contributed by atoms with Crippen molar-refractivity contribution in [2.24, 2.45) is 0 Å². The Hall–Kier alpha value is -2.29. The third-order valence-electron chi connectivity index (χ3n) is 4.92. The highest BCUT2D eigenvalue weighted by atomic mass is 16.6. The number of amides is 1. The number of carbonyl (C=O) groups excluding carboxylic acids is 1. The van der Waals surface area contributed by atoms with Gasteiger partial charge in [0.05, 0.1) is 0 Å². The molecule has 2 aromatic rings. The highest BCUT2D eigenvalue weighted by molar-refractivity contribution is 5.68. The minimum absolute atomic E-state index is 0.119. The van der Waals surface area contributed by atoms with E-state index in [9.17, 15) is 4.79 Å². The fourth-order valence-corrected chi connectivity index (χ4v) is 3.16. The van der Waals surface area contributed by atoms with Gasteiger partial charge in [0, 0.05) is 13.1 Å². The topological polar surface area (TPSA) is 29.5 Å². The van der Waals surface area contributed by atoms with E-state index in [2.05, 4.69) is 76.2 Å². The molecule has 0 aliphatic rings. The number of benzene rings is 2. The van der Waals surface area contributed by atoms with E-state index in [0.29, 0.717) is 13.1 Å². The minimum atomic E-state index is -0.506. The highest BCUT2D eigenvalue weighted by Gasteiger charge is 2.22. The Labute approximate surface area is 177 Å². The molecule has 0 heterocycles. The molecular weight excluding hydrogens is 358 g/mol. The van der Waals surface area contributed by atoms with Gasteiger partial charge in [-0.05, 0) is 61.3 Å². The number of ether oxygens (including phenoxy) is 1. The zero-order valence-electron chi connectivity index (χ0n) is 19.2. The van der Waals surface area contributed by atoms with Crippen LogP contribution in [0.4, 0.5) is 4.79 Å². The van der Waals surface area contributed by atoms with Gasteiger partial charge < -0.3 is 9.64 Å². The monoisotopic (exact) mass is 395 g/mol. The van der Waals surface area contributed by atoms with Crippen molar-refractivity contribution in [1.82, 2.24) is 4.90 Å². The van der Waals surface area contributed by atoms with Crippen molar-refractivity contribution < 1.29 is 9.53 Å². The molecule has 1 amide bonds. The summed E-state index contributed by atoms with van der Waals surface area (Å²) in [6, 6.07) is 17.2. The smallest absolute Gasteiger partial charge is 0.410 e. The molecule has 0 aromatic heterocycles. The van der Waals surface area contributed by atoms with Crippen molar-refractivity contribution in [3.63, 3.8) is 0 Å². The zero-order valence-corrected chi connectivity index (χ0v) is 19.2. The SMILES string of the molecule is CCc1cccc(CCN(Cc2ccc(C(C)(C)C)cc2)C(=O)OC(C)(C)C)c1. The average Bonchev–Trinajstić information content (AvgIpc) is 2.63. The number of hydrogen-bond donors (Lipinski definition) is 0. The van der Waals surface area contributed by atoms with E-state index in [1.165, 1.54) is 16.7 Å². The maximum Gasteiger partial charge on any atom is 0.410 e. The molecule has 0 aliphatic heterocycles. The van der Waals surface area contributed by atoms with Crippen molar-refractivity contribution in [2.45, 2.75) is 78.9 Å². The van der Waals surface area contributed by atoms with Gasteiger partial charge in [-0.15, -0.1) is 0 Å². The molecule has 0 saturated carbocycles. The lowest BCUT2D eigenvalue weighted by molar-refractivity contribution is 0.0236. The predicted octanol–water partition coefficient (Wildman–Crippen LogP) is 6.53. The molecular formula is C26H37NO2. The van der Waals surface area contributed by atoms with Crippen LogP contribution < -0.4 is 0 Å². The van der Waals surface area contributed by atoms with Crippen LogP contribution in [0.15, 0.2) is 48.5 Å². The van der Waals surface area contributed by atoms with Gasteiger partial charge in [-0.25, -0.2) is 4.79 Å². The van der Waals surface area contributed by atoms with E-state index in [0.717, 1.165) is 18.4 Å². The summed E-state index contributed by atoms with van der Waals surface area (Å²) in [5.41, 5.74) is 4.60. The van der Waals surface area contributed by atoms with Crippen LogP contribution in [0.5, 0.6) is 0 Å². The fourth-order valence-electron chi connectivity index (χ4n) is 3.16. The summed E-state index contributed by atoms with van der Waals surface area (Å²) in [6.45, 7) is 15.7. The second kappa shape index (κ2) is 9.47. The molecule has 0 radical (unpaired) electrons. The van der Waals surface area contributed by atoms with Gasteiger partial charge in [0.1, 0.15) is 5.60 Å². The Morgan fingerprint density at radius 1 is 0.897 bits per heavy atom. The summed E-state index contributed by atoms with van der Waals surface area (Å²) in [6.07, 6.45) is 1.57. The van der Waals surface area contributed by atoms with Crippen molar-refractivity contribution in [3.8, 4) is 0 Å². The molecule has 0 atom stereocenters. The van der Waals surface area contributed by atoms with E-state index in [1.807, 2.05) is 25.7 Å². The summed E-state index contributed by atoms with van der Waals surface area (Å²) in [5, 5.41) is 0. The molecule has 0 unspecified atom stereocenters. The number of hydrogen-bond acceptors (Lipinski definition) is 2. The molecule has 158 valence electrons. The Bertz CT molecular complexity index is 795. The van der Waals surface area contributed by atoms with Crippen molar-refractivity contribution >= 4 is 6.09 Å². The maximum absolute atomic E-state index is 12.8. The Kier molecular flexibility index (Phi) is 7.51. The first-order chi connectivity index (χ1) is 13.5. The van der Waals surface area contributed by atoms with Crippen LogP contribution in [0.25, 0.3) is 0 Å². The molecule has 29 heavy (non-hydrogen) atoms. The van der Waals surface area contributed by atoms with Gasteiger partial charge in [-0.1, -0.05) is 76.2 Å². The normalized spacial score (nSPS) is 12.0. The standard InChI is InChI=1S/C26H37NO2/c1-8-20-10-9-11-21(18-20)16-17-27(24(28)29-26(5,6)7)19-22-12-14-23(15-13-22)25(2,3)4/h9-15,18H,8,16-17,19H2,1-7H3. The lowest BCUT2D eigenvalue weighted by Crippen LogP contribution is -2.37. The predicted molar refractivity (Wildman–Crippen MR) is 121 cm³/mol. The van der Waals surface area contributed by atoms with Gasteiger partial charge in [0.25, 0.3) is 0 Å². The second-order valence-electron chi connectivity index (χ2n) is 9.77. The third-order valence-corrected chi connectivity index (χ3v) is 4.92. The van der Waals surface area contributed by atoms with Crippen LogP contribution >= 0.6 is 0 Å². The van der Waals surface area contributed by atoms with Crippen LogP contribution in [0.2, 0.25) is 0 Å². The molecule has 0 N–H and O–H groups in total. The van der Waals surface area contributed by atoms with Gasteiger partial charge in [-0.3, -0.25) is 0 Å². The van der Waals surface area contributed by atoms with Crippen molar-refractivity contribution in [1.29, 1.82) is 0 Å². The van der Waals surface area contributed by atoms with Gasteiger partial charge in [0.2, 0.25) is 0 Å². The summed E-state index contributed by atoms with van der Waals surface area (Å²) < 4.78 is 5.67. The molecule has 0 spiro atoms.